The van der Waals surface area contributed by atoms with E-state index in [0.29, 0.717) is 5.92 Å². The van der Waals surface area contributed by atoms with E-state index in [1.807, 2.05) is 12.3 Å². The lowest BCUT2D eigenvalue weighted by Gasteiger charge is -2.40. The summed E-state index contributed by atoms with van der Waals surface area (Å²) in [5.41, 5.74) is 1.99. The van der Waals surface area contributed by atoms with Crippen molar-refractivity contribution >= 4 is 23.3 Å². The van der Waals surface area contributed by atoms with Crippen LogP contribution in [-0.4, -0.2) is 35.0 Å². The minimum atomic E-state index is -1.03. The van der Waals surface area contributed by atoms with E-state index >= 15 is 0 Å². The summed E-state index contributed by atoms with van der Waals surface area (Å²) in [4.78, 5) is 32.8. The van der Waals surface area contributed by atoms with Crippen LogP contribution >= 0.6 is 11.3 Å². The summed E-state index contributed by atoms with van der Waals surface area (Å²) >= 11 is 1.46. The molecule has 1 saturated heterocycles. The Bertz CT molecular complexity index is 1020. The average Bonchev–Trinajstić information content (AvgIpc) is 3.35. The molecule has 0 bridgehead atoms. The van der Waals surface area contributed by atoms with Gasteiger partial charge >= 0.3 is 6.03 Å². The highest BCUT2D eigenvalue weighted by atomic mass is 32.1. The van der Waals surface area contributed by atoms with Gasteiger partial charge in [0.25, 0.3) is 5.91 Å². The van der Waals surface area contributed by atoms with Crippen LogP contribution in [0.1, 0.15) is 67.1 Å². The third kappa shape index (κ3) is 3.21. The van der Waals surface area contributed by atoms with E-state index in [2.05, 4.69) is 35.4 Å². The van der Waals surface area contributed by atoms with Gasteiger partial charge in [0.2, 0.25) is 0 Å². The van der Waals surface area contributed by atoms with Crippen molar-refractivity contribution in [3.05, 3.63) is 51.5 Å². The maximum absolute atomic E-state index is 14.0. The van der Waals surface area contributed by atoms with Crippen molar-refractivity contribution in [1.29, 1.82) is 0 Å². The maximum Gasteiger partial charge on any atom is 0.325 e. The zero-order valence-electron chi connectivity index (χ0n) is 18.3. The van der Waals surface area contributed by atoms with Crippen molar-refractivity contribution in [2.24, 2.45) is 5.41 Å². The molecular weight excluding hydrogens is 410 g/mol. The van der Waals surface area contributed by atoms with Crippen molar-refractivity contribution in [3.8, 4) is 0 Å². The predicted molar refractivity (Wildman–Crippen MR) is 119 cm³/mol. The Kier molecular flexibility index (Phi) is 4.94. The Labute approximate surface area is 187 Å². The number of hydrogen-bond acceptors (Lipinski definition) is 5. The Morgan fingerprint density at radius 3 is 2.84 bits per heavy atom. The first-order valence-corrected chi connectivity index (χ1v) is 11.9. The Morgan fingerprint density at radius 1 is 1.35 bits per heavy atom. The molecule has 3 aliphatic rings. The number of hydrogen-bond donors (Lipinski definition) is 1. The van der Waals surface area contributed by atoms with Crippen LogP contribution < -0.4 is 5.32 Å². The molecule has 1 aromatic carbocycles. The quantitative estimate of drug-likeness (QED) is 0.651. The molecule has 1 saturated carbocycles. The van der Waals surface area contributed by atoms with E-state index in [1.54, 1.807) is 13.3 Å². The number of nitrogens with zero attached hydrogens (tertiary/aromatic N) is 2. The van der Waals surface area contributed by atoms with E-state index < -0.39 is 11.0 Å². The number of aromatic nitrogens is 1. The summed E-state index contributed by atoms with van der Waals surface area (Å²) in [6, 6.07) is 6.26. The molecule has 1 aromatic heterocycles. The average molecular weight is 440 g/mol. The van der Waals surface area contributed by atoms with Gasteiger partial charge in [0.05, 0.1) is 12.6 Å². The lowest BCUT2D eigenvalue weighted by Crippen LogP contribution is -2.54. The monoisotopic (exact) mass is 439 g/mol. The molecule has 7 heteroatoms. The van der Waals surface area contributed by atoms with Gasteiger partial charge < -0.3 is 10.1 Å². The lowest BCUT2D eigenvalue weighted by atomic mass is 9.68. The first-order chi connectivity index (χ1) is 14.9. The molecule has 3 atom stereocenters. The molecule has 164 valence electrons. The molecule has 2 heterocycles. The van der Waals surface area contributed by atoms with E-state index in [0.717, 1.165) is 29.8 Å². The maximum atomic E-state index is 14.0. The molecule has 2 aromatic rings. The second-order valence-electron chi connectivity index (χ2n) is 9.51. The van der Waals surface area contributed by atoms with Crippen LogP contribution in [0, 0.1) is 5.41 Å². The fraction of sp³-hybridized carbons (Fsp3) is 0.542. The van der Waals surface area contributed by atoms with Gasteiger partial charge in [0.15, 0.2) is 5.54 Å². The van der Waals surface area contributed by atoms with Gasteiger partial charge in [-0.15, -0.1) is 11.3 Å². The molecule has 1 spiro atoms. The minimum absolute atomic E-state index is 0.0956. The summed E-state index contributed by atoms with van der Waals surface area (Å²) in [6.45, 7) is 4.41. The molecule has 1 N–H and O–H groups in total. The van der Waals surface area contributed by atoms with Gasteiger partial charge in [-0.3, -0.25) is 9.69 Å². The first kappa shape index (κ1) is 20.6. The normalized spacial score (nSPS) is 28.3. The Morgan fingerprint density at radius 2 is 2.16 bits per heavy atom. The van der Waals surface area contributed by atoms with Gasteiger partial charge in [-0.2, -0.15) is 0 Å². The molecule has 2 aliphatic carbocycles. The number of rotatable bonds is 7. The molecule has 5 rings (SSSR count). The highest BCUT2D eigenvalue weighted by molar-refractivity contribution is 7.09. The first-order valence-electron chi connectivity index (χ1n) is 11.1. The number of carbonyl (C=O) groups excluding carboxylic acids is 2. The second-order valence-corrected chi connectivity index (χ2v) is 10.5. The Balaban J connectivity index is 1.57. The van der Waals surface area contributed by atoms with Crippen LogP contribution in [0.2, 0.25) is 0 Å². The fourth-order valence-electron chi connectivity index (χ4n) is 5.34. The number of nitrogens with one attached hydrogen (secondary N) is 1. The van der Waals surface area contributed by atoms with E-state index in [9.17, 15) is 9.59 Å². The fourth-order valence-corrected chi connectivity index (χ4v) is 5.94. The third-order valence-electron chi connectivity index (χ3n) is 7.46. The second kappa shape index (κ2) is 7.41. The van der Waals surface area contributed by atoms with Gasteiger partial charge in [0.1, 0.15) is 5.01 Å². The smallest absolute Gasteiger partial charge is 0.325 e. The van der Waals surface area contributed by atoms with Crippen LogP contribution in [0.3, 0.4) is 0 Å². The van der Waals surface area contributed by atoms with Gasteiger partial charge in [-0.05, 0) is 61.6 Å². The largest absolute Gasteiger partial charge is 0.382 e. The topological polar surface area (TPSA) is 71.5 Å². The van der Waals surface area contributed by atoms with Crippen molar-refractivity contribution in [2.45, 2.75) is 70.1 Å². The zero-order valence-corrected chi connectivity index (χ0v) is 19.1. The molecule has 0 radical (unpaired) electrons. The number of imide groups is 1. The van der Waals surface area contributed by atoms with Crippen LogP contribution in [0.5, 0.6) is 0 Å². The summed E-state index contributed by atoms with van der Waals surface area (Å²) in [6.07, 6.45) is 6.58. The third-order valence-corrected chi connectivity index (χ3v) is 8.22. The van der Waals surface area contributed by atoms with Gasteiger partial charge in [-0.25, -0.2) is 9.78 Å². The minimum Gasteiger partial charge on any atom is -0.382 e. The molecule has 3 amide bonds. The highest BCUT2D eigenvalue weighted by Gasteiger charge is 2.66. The van der Waals surface area contributed by atoms with Crippen LogP contribution in [-0.2, 0) is 28.0 Å². The molecule has 1 aliphatic heterocycles. The van der Waals surface area contributed by atoms with Crippen LogP contribution in [0.4, 0.5) is 4.79 Å². The van der Waals surface area contributed by atoms with Gasteiger partial charge in [0, 0.05) is 24.1 Å². The number of carbonyl (C=O) groups is 2. The number of urea groups is 1. The summed E-state index contributed by atoms with van der Waals surface area (Å²) in [7, 11) is 1.71. The molecular formula is C24H29N3O3S. The summed E-state index contributed by atoms with van der Waals surface area (Å²) in [5.74, 6) is 0.438. The summed E-state index contributed by atoms with van der Waals surface area (Å²) in [5, 5.41) is 5.82. The Hall–Kier alpha value is -2.25. The number of methoxy groups -OCH3 is 1. The lowest BCUT2D eigenvalue weighted by molar-refractivity contribution is -0.136. The van der Waals surface area contributed by atoms with E-state index in [4.69, 9.17) is 4.74 Å². The van der Waals surface area contributed by atoms with Crippen LogP contribution in [0.15, 0.2) is 29.8 Å². The number of fused-ring (bicyclic) bond motifs is 2. The number of amides is 3. The van der Waals surface area contributed by atoms with Gasteiger partial charge in [-0.1, -0.05) is 25.1 Å². The molecule has 3 unspecified atom stereocenters. The number of thiazole rings is 1. The van der Waals surface area contributed by atoms with E-state index in [1.165, 1.54) is 40.2 Å². The van der Waals surface area contributed by atoms with Crippen molar-refractivity contribution in [1.82, 2.24) is 15.2 Å². The van der Waals surface area contributed by atoms with E-state index in [-0.39, 0.29) is 24.6 Å². The van der Waals surface area contributed by atoms with Crippen molar-refractivity contribution in [3.63, 3.8) is 0 Å². The summed E-state index contributed by atoms with van der Waals surface area (Å²) < 4.78 is 5.49. The molecule has 31 heavy (non-hydrogen) atoms. The van der Waals surface area contributed by atoms with Crippen LogP contribution in [0.25, 0.3) is 0 Å². The molecule has 6 nitrogen and oxygen atoms in total. The van der Waals surface area contributed by atoms with Crippen molar-refractivity contribution in [2.75, 3.05) is 7.11 Å². The zero-order chi connectivity index (χ0) is 21.8. The predicted octanol–water partition coefficient (Wildman–Crippen LogP) is 4.35. The molecule has 2 fully saturated rings. The number of ether oxygens (including phenoxy) is 1. The standard InChI is InChI=1S/C24H29N3O3S/c1-15(30-3)8-9-23(2)13-18-7-6-17(16-4-5-16)12-19(18)24(23)21(28)27(22(29)26-24)14-20-25-10-11-31-20/h6-7,10-12,15-16H,4-5,8-9,13-14H2,1-3H3,(H,26,29). The number of benzene rings is 1. The SMILES string of the molecule is COC(C)CCC1(C)Cc2ccc(C3CC3)cc2C12NC(=O)N(Cc1nccs1)C2=O. The van der Waals surface area contributed by atoms with Crippen molar-refractivity contribution < 1.29 is 14.3 Å². The highest BCUT2D eigenvalue weighted by Crippen LogP contribution is 2.56.